The van der Waals surface area contributed by atoms with Gasteiger partial charge >= 0.3 is 0 Å². The van der Waals surface area contributed by atoms with Crippen molar-refractivity contribution in [2.24, 2.45) is 0 Å². The lowest BCUT2D eigenvalue weighted by Crippen LogP contribution is -2.09. The molecule has 0 amide bonds. The molecule has 94 valence electrons. The average Bonchev–Trinajstić information content (AvgIpc) is 2.85. The van der Waals surface area contributed by atoms with Gasteiger partial charge in [-0.15, -0.1) is 0 Å². The Morgan fingerprint density at radius 2 is 2.33 bits per heavy atom. The maximum absolute atomic E-state index is 13.6. The van der Waals surface area contributed by atoms with Crippen molar-refractivity contribution >= 4 is 11.4 Å². The maximum Gasteiger partial charge on any atom is 0.272 e. The van der Waals surface area contributed by atoms with Crippen LogP contribution in [0.15, 0.2) is 24.5 Å². The van der Waals surface area contributed by atoms with Gasteiger partial charge in [-0.3, -0.25) is 15.2 Å². The number of halogens is 1. The van der Waals surface area contributed by atoms with Crippen molar-refractivity contribution in [3.05, 3.63) is 46.3 Å². The van der Waals surface area contributed by atoms with Crippen LogP contribution in [0.2, 0.25) is 0 Å². The van der Waals surface area contributed by atoms with Crippen LogP contribution in [0.5, 0.6) is 0 Å². The minimum absolute atomic E-state index is 0.171. The fourth-order valence-corrected chi connectivity index (χ4v) is 1.46. The van der Waals surface area contributed by atoms with Crippen LogP contribution >= 0.6 is 0 Å². The van der Waals surface area contributed by atoms with Gasteiger partial charge in [-0.1, -0.05) is 0 Å². The summed E-state index contributed by atoms with van der Waals surface area (Å²) in [4.78, 5) is 13.8. The topological polar surface area (TPSA) is 96.7 Å². The van der Waals surface area contributed by atoms with Crippen LogP contribution in [0.4, 0.5) is 15.8 Å². The van der Waals surface area contributed by atoms with Crippen LogP contribution in [-0.4, -0.2) is 20.1 Å². The van der Waals surface area contributed by atoms with Crippen LogP contribution in [0.25, 0.3) is 0 Å². The van der Waals surface area contributed by atoms with Gasteiger partial charge < -0.3 is 5.32 Å². The predicted octanol–water partition coefficient (Wildman–Crippen LogP) is 2.03. The minimum Gasteiger partial charge on any atom is -0.373 e. The van der Waals surface area contributed by atoms with Gasteiger partial charge in [0.15, 0.2) is 5.82 Å². The Bertz CT molecular complexity index is 557. The number of aromatic amines is 1. The molecule has 8 heteroatoms. The van der Waals surface area contributed by atoms with E-state index in [-0.39, 0.29) is 17.4 Å². The molecule has 1 heterocycles. The highest BCUT2D eigenvalue weighted by Crippen LogP contribution is 2.23. The van der Waals surface area contributed by atoms with Gasteiger partial charge in [0, 0.05) is 6.07 Å². The summed E-state index contributed by atoms with van der Waals surface area (Å²) in [6.07, 6.45) is 1.35. The van der Waals surface area contributed by atoms with Crippen molar-refractivity contribution in [2.75, 3.05) is 5.32 Å². The number of rotatable bonds is 4. The molecule has 1 unspecified atom stereocenters. The second-order valence-corrected chi connectivity index (χ2v) is 3.66. The number of H-pyrrole nitrogens is 1. The van der Waals surface area contributed by atoms with Crippen LogP contribution in [0.3, 0.4) is 0 Å². The number of nitrogens with zero attached hydrogens (tertiary/aromatic N) is 3. The lowest BCUT2D eigenvalue weighted by Gasteiger charge is -2.12. The molecule has 0 bridgehead atoms. The highest BCUT2D eigenvalue weighted by atomic mass is 19.1. The van der Waals surface area contributed by atoms with Crippen molar-refractivity contribution in [1.82, 2.24) is 15.2 Å². The summed E-state index contributed by atoms with van der Waals surface area (Å²) in [6, 6.07) is 3.14. The monoisotopic (exact) mass is 251 g/mol. The smallest absolute Gasteiger partial charge is 0.272 e. The quantitative estimate of drug-likeness (QED) is 0.640. The lowest BCUT2D eigenvalue weighted by atomic mass is 10.2. The van der Waals surface area contributed by atoms with Crippen LogP contribution in [0, 0.1) is 15.9 Å². The number of hydrogen-bond acceptors (Lipinski definition) is 5. The first kappa shape index (κ1) is 12.0. The third kappa shape index (κ3) is 2.42. The van der Waals surface area contributed by atoms with E-state index in [0.29, 0.717) is 5.82 Å². The zero-order valence-electron chi connectivity index (χ0n) is 9.42. The second kappa shape index (κ2) is 4.78. The summed E-state index contributed by atoms with van der Waals surface area (Å²) >= 11 is 0. The molecule has 0 aliphatic rings. The van der Waals surface area contributed by atoms with E-state index in [1.54, 1.807) is 6.92 Å². The van der Waals surface area contributed by atoms with E-state index in [1.165, 1.54) is 18.5 Å². The van der Waals surface area contributed by atoms with Gasteiger partial charge in [-0.2, -0.15) is 5.10 Å². The fraction of sp³-hybridized carbons (Fsp3) is 0.200. The van der Waals surface area contributed by atoms with E-state index >= 15 is 0 Å². The first-order valence-electron chi connectivity index (χ1n) is 5.13. The first-order chi connectivity index (χ1) is 8.58. The van der Waals surface area contributed by atoms with Gasteiger partial charge in [0.2, 0.25) is 0 Å². The first-order valence-corrected chi connectivity index (χ1v) is 5.13. The van der Waals surface area contributed by atoms with Crippen LogP contribution in [0.1, 0.15) is 18.8 Å². The Labute approximate surface area is 101 Å². The number of anilines is 1. The molecule has 0 saturated heterocycles. The Kier molecular flexibility index (Phi) is 3.18. The molecule has 1 aromatic heterocycles. The molecule has 7 nitrogen and oxygen atoms in total. The van der Waals surface area contributed by atoms with E-state index in [4.69, 9.17) is 0 Å². The molecule has 1 aromatic carbocycles. The number of nitro groups is 1. The molecular formula is C10H10FN5O2. The van der Waals surface area contributed by atoms with Gasteiger partial charge in [-0.05, 0) is 13.0 Å². The summed E-state index contributed by atoms with van der Waals surface area (Å²) in [5.74, 6) is -0.136. The Hall–Kier alpha value is -2.51. The highest BCUT2D eigenvalue weighted by Gasteiger charge is 2.14. The minimum atomic E-state index is -0.685. The molecule has 2 aromatic rings. The SMILES string of the molecule is CC(Nc1ccc([N+](=O)[O-])cc1F)c1ncn[nH]1. The van der Waals surface area contributed by atoms with E-state index in [0.717, 1.165) is 6.07 Å². The van der Waals surface area contributed by atoms with Crippen molar-refractivity contribution in [3.8, 4) is 0 Å². The van der Waals surface area contributed by atoms with Crippen molar-refractivity contribution in [3.63, 3.8) is 0 Å². The largest absolute Gasteiger partial charge is 0.373 e. The summed E-state index contributed by atoms with van der Waals surface area (Å²) < 4.78 is 13.6. The number of nitrogens with one attached hydrogen (secondary N) is 2. The standard InChI is InChI=1S/C10H10FN5O2/c1-6(10-12-5-13-15-10)14-9-3-2-7(16(17)18)4-8(9)11/h2-6,14H,1H3,(H,12,13,15). The highest BCUT2D eigenvalue weighted by molar-refractivity contribution is 5.50. The predicted molar refractivity (Wildman–Crippen MR) is 61.5 cm³/mol. The molecule has 0 fully saturated rings. The number of aromatic nitrogens is 3. The zero-order valence-corrected chi connectivity index (χ0v) is 9.42. The van der Waals surface area contributed by atoms with Gasteiger partial charge in [0.25, 0.3) is 5.69 Å². The van der Waals surface area contributed by atoms with Gasteiger partial charge in [-0.25, -0.2) is 9.37 Å². The van der Waals surface area contributed by atoms with Gasteiger partial charge in [0.05, 0.1) is 22.7 Å². The Morgan fingerprint density at radius 1 is 1.56 bits per heavy atom. The molecule has 0 aliphatic carbocycles. The van der Waals surface area contributed by atoms with Crippen LogP contribution < -0.4 is 5.32 Å². The zero-order chi connectivity index (χ0) is 13.1. The Balaban J connectivity index is 2.17. The molecule has 1 atom stereocenters. The summed E-state index contributed by atoms with van der Waals surface area (Å²) in [5.41, 5.74) is -0.116. The van der Waals surface area contributed by atoms with Crippen LogP contribution in [-0.2, 0) is 0 Å². The number of nitro benzene ring substituents is 1. The lowest BCUT2D eigenvalue weighted by molar-refractivity contribution is -0.385. The van der Waals surface area contributed by atoms with Gasteiger partial charge in [0.1, 0.15) is 12.2 Å². The summed E-state index contributed by atoms with van der Waals surface area (Å²) in [5, 5.41) is 19.7. The third-order valence-electron chi connectivity index (χ3n) is 2.38. The molecule has 2 rings (SSSR count). The summed E-state index contributed by atoms with van der Waals surface area (Å²) in [7, 11) is 0. The number of non-ortho nitro benzene ring substituents is 1. The number of hydrogen-bond donors (Lipinski definition) is 2. The number of benzene rings is 1. The maximum atomic E-state index is 13.6. The molecule has 2 N–H and O–H groups in total. The van der Waals surface area contributed by atoms with Crippen molar-refractivity contribution < 1.29 is 9.31 Å². The van der Waals surface area contributed by atoms with E-state index in [1.807, 2.05) is 0 Å². The molecule has 0 spiro atoms. The molecule has 0 radical (unpaired) electrons. The van der Waals surface area contributed by atoms with Crippen molar-refractivity contribution in [1.29, 1.82) is 0 Å². The summed E-state index contributed by atoms with van der Waals surface area (Å²) in [6.45, 7) is 1.77. The fourth-order valence-electron chi connectivity index (χ4n) is 1.46. The average molecular weight is 251 g/mol. The molecule has 0 saturated carbocycles. The second-order valence-electron chi connectivity index (χ2n) is 3.66. The van der Waals surface area contributed by atoms with E-state index in [9.17, 15) is 14.5 Å². The molecule has 0 aliphatic heterocycles. The normalized spacial score (nSPS) is 12.1. The third-order valence-corrected chi connectivity index (χ3v) is 2.38. The van der Waals surface area contributed by atoms with E-state index < -0.39 is 10.7 Å². The molecular weight excluding hydrogens is 241 g/mol. The van der Waals surface area contributed by atoms with Crippen molar-refractivity contribution in [2.45, 2.75) is 13.0 Å². The Morgan fingerprint density at radius 3 is 2.89 bits per heavy atom. The molecule has 18 heavy (non-hydrogen) atoms. The van der Waals surface area contributed by atoms with E-state index in [2.05, 4.69) is 20.5 Å².